The first-order chi connectivity index (χ1) is 13.0. The molecular formula is C24H35NO2. The number of hydrogen-bond donors (Lipinski definition) is 1. The molecule has 3 aliphatic carbocycles. The molecule has 1 N–H and O–H groups in total. The largest absolute Gasteiger partial charge is 0.466 e. The number of ether oxygens (including phenoxy) is 1. The van der Waals surface area contributed by atoms with Crippen LogP contribution in [-0.2, 0) is 14.9 Å². The third-order valence-electron chi connectivity index (χ3n) is 7.54. The van der Waals surface area contributed by atoms with Crippen LogP contribution in [0.2, 0.25) is 0 Å². The second-order valence-corrected chi connectivity index (χ2v) is 9.68. The zero-order valence-electron chi connectivity index (χ0n) is 17.2. The van der Waals surface area contributed by atoms with Crippen LogP contribution in [0, 0.1) is 23.7 Å². The third kappa shape index (κ3) is 3.75. The van der Waals surface area contributed by atoms with Gasteiger partial charge in [0.15, 0.2) is 0 Å². The molecule has 148 valence electrons. The molecule has 27 heavy (non-hydrogen) atoms. The molecule has 0 bridgehead atoms. The fourth-order valence-electron chi connectivity index (χ4n) is 6.34. The maximum Gasteiger partial charge on any atom is 0.311 e. The normalized spacial score (nSPS) is 38.0. The van der Waals surface area contributed by atoms with Gasteiger partial charge in [-0.25, -0.2) is 0 Å². The molecule has 0 aliphatic heterocycles. The lowest BCUT2D eigenvalue weighted by molar-refractivity contribution is -0.148. The van der Waals surface area contributed by atoms with Crippen LogP contribution >= 0.6 is 0 Å². The first-order valence-electron chi connectivity index (χ1n) is 11.0. The van der Waals surface area contributed by atoms with Gasteiger partial charge in [-0.05, 0) is 86.3 Å². The summed E-state index contributed by atoms with van der Waals surface area (Å²) in [5.74, 6) is 2.76. The first-order valence-corrected chi connectivity index (χ1v) is 11.0. The Labute approximate surface area is 164 Å². The second kappa shape index (κ2) is 7.48. The monoisotopic (exact) mass is 369 g/mol. The lowest BCUT2D eigenvalue weighted by Crippen LogP contribution is -2.31. The summed E-state index contributed by atoms with van der Waals surface area (Å²) in [5, 5.41) is 3.61. The fourth-order valence-corrected chi connectivity index (χ4v) is 6.34. The van der Waals surface area contributed by atoms with Crippen molar-refractivity contribution < 1.29 is 9.53 Å². The number of carbonyl (C=O) groups is 1. The molecule has 0 radical (unpaired) electrons. The molecule has 0 saturated heterocycles. The summed E-state index contributed by atoms with van der Waals surface area (Å²) in [6, 6.07) is 9.29. The topological polar surface area (TPSA) is 38.3 Å². The molecule has 0 amide bonds. The predicted molar refractivity (Wildman–Crippen MR) is 110 cm³/mol. The quantitative estimate of drug-likeness (QED) is 0.692. The molecule has 4 atom stereocenters. The SMILES string of the molecule is CCOC(=O)C1CCCC1Nc1ccc(C2(C)CC3CC(C)CC3C2)cc1. The van der Waals surface area contributed by atoms with Crippen molar-refractivity contribution in [1.29, 1.82) is 0 Å². The number of nitrogens with one attached hydrogen (secondary N) is 1. The molecule has 4 rings (SSSR count). The highest BCUT2D eigenvalue weighted by Crippen LogP contribution is 2.55. The van der Waals surface area contributed by atoms with Crippen molar-refractivity contribution in [2.45, 2.75) is 77.2 Å². The summed E-state index contributed by atoms with van der Waals surface area (Å²) in [7, 11) is 0. The van der Waals surface area contributed by atoms with Gasteiger partial charge in [-0.2, -0.15) is 0 Å². The highest BCUT2D eigenvalue weighted by atomic mass is 16.5. The Bertz CT molecular complexity index is 653. The highest BCUT2D eigenvalue weighted by Gasteiger charge is 2.46. The van der Waals surface area contributed by atoms with Gasteiger partial charge in [-0.1, -0.05) is 32.4 Å². The van der Waals surface area contributed by atoms with Gasteiger partial charge in [-0.3, -0.25) is 4.79 Å². The van der Waals surface area contributed by atoms with E-state index in [1.54, 1.807) is 0 Å². The maximum atomic E-state index is 12.2. The fraction of sp³-hybridized carbons (Fsp3) is 0.708. The number of rotatable bonds is 5. The average molecular weight is 370 g/mol. The van der Waals surface area contributed by atoms with Crippen molar-refractivity contribution in [3.8, 4) is 0 Å². The van der Waals surface area contributed by atoms with E-state index in [0.717, 1.165) is 42.7 Å². The van der Waals surface area contributed by atoms with E-state index in [-0.39, 0.29) is 17.9 Å². The minimum absolute atomic E-state index is 0.00154. The van der Waals surface area contributed by atoms with Gasteiger partial charge >= 0.3 is 5.97 Å². The van der Waals surface area contributed by atoms with E-state index in [4.69, 9.17) is 4.74 Å². The zero-order chi connectivity index (χ0) is 19.0. The van der Waals surface area contributed by atoms with Crippen LogP contribution in [0.5, 0.6) is 0 Å². The number of anilines is 1. The second-order valence-electron chi connectivity index (χ2n) is 9.68. The first kappa shape index (κ1) is 18.8. The van der Waals surface area contributed by atoms with E-state index in [1.165, 1.54) is 31.2 Å². The van der Waals surface area contributed by atoms with Gasteiger partial charge in [0, 0.05) is 11.7 Å². The van der Waals surface area contributed by atoms with Crippen molar-refractivity contribution in [3.63, 3.8) is 0 Å². The molecule has 3 fully saturated rings. The molecule has 0 spiro atoms. The summed E-state index contributed by atoms with van der Waals surface area (Å²) >= 11 is 0. The number of carbonyl (C=O) groups excluding carboxylic acids is 1. The minimum atomic E-state index is -0.0386. The van der Waals surface area contributed by atoms with Crippen LogP contribution in [-0.4, -0.2) is 18.6 Å². The molecule has 0 heterocycles. The molecule has 3 aliphatic rings. The number of hydrogen-bond acceptors (Lipinski definition) is 3. The molecular weight excluding hydrogens is 334 g/mol. The number of benzene rings is 1. The molecule has 3 saturated carbocycles. The summed E-state index contributed by atoms with van der Waals surface area (Å²) in [4.78, 5) is 12.2. The van der Waals surface area contributed by atoms with Crippen molar-refractivity contribution in [1.82, 2.24) is 0 Å². The van der Waals surface area contributed by atoms with E-state index in [2.05, 4.69) is 43.4 Å². The van der Waals surface area contributed by atoms with Gasteiger partial charge in [-0.15, -0.1) is 0 Å². The van der Waals surface area contributed by atoms with Crippen molar-refractivity contribution in [2.75, 3.05) is 11.9 Å². The molecule has 4 unspecified atom stereocenters. The van der Waals surface area contributed by atoms with Crippen LogP contribution in [0.1, 0.15) is 71.3 Å². The Kier molecular flexibility index (Phi) is 5.22. The van der Waals surface area contributed by atoms with E-state index < -0.39 is 0 Å². The predicted octanol–water partition coefficient (Wildman–Crippen LogP) is 5.54. The van der Waals surface area contributed by atoms with Crippen molar-refractivity contribution in [3.05, 3.63) is 29.8 Å². The Balaban J connectivity index is 1.40. The van der Waals surface area contributed by atoms with Crippen LogP contribution in [0.15, 0.2) is 24.3 Å². The van der Waals surface area contributed by atoms with Gasteiger partial charge in [0.2, 0.25) is 0 Å². The van der Waals surface area contributed by atoms with Crippen LogP contribution in [0.3, 0.4) is 0 Å². The van der Waals surface area contributed by atoms with Gasteiger partial charge in [0.1, 0.15) is 0 Å². The molecule has 1 aromatic rings. The van der Waals surface area contributed by atoms with E-state index in [9.17, 15) is 4.79 Å². The molecule has 0 aromatic heterocycles. The Morgan fingerprint density at radius 2 is 1.81 bits per heavy atom. The van der Waals surface area contributed by atoms with Crippen LogP contribution < -0.4 is 5.32 Å². The Morgan fingerprint density at radius 1 is 1.15 bits per heavy atom. The van der Waals surface area contributed by atoms with Crippen LogP contribution in [0.4, 0.5) is 5.69 Å². The summed E-state index contributed by atoms with van der Waals surface area (Å²) in [6.45, 7) is 7.23. The average Bonchev–Trinajstić information content (AvgIpc) is 3.29. The van der Waals surface area contributed by atoms with Gasteiger partial charge in [0.05, 0.1) is 12.5 Å². The molecule has 1 aromatic carbocycles. The smallest absolute Gasteiger partial charge is 0.311 e. The summed E-state index contributed by atoms with van der Waals surface area (Å²) in [6.07, 6.45) is 8.63. The van der Waals surface area contributed by atoms with E-state index >= 15 is 0 Å². The Morgan fingerprint density at radius 3 is 2.44 bits per heavy atom. The number of fused-ring (bicyclic) bond motifs is 1. The Hall–Kier alpha value is -1.51. The van der Waals surface area contributed by atoms with Crippen molar-refractivity contribution >= 4 is 11.7 Å². The summed E-state index contributed by atoms with van der Waals surface area (Å²) in [5.41, 5.74) is 2.97. The van der Waals surface area contributed by atoms with Gasteiger partial charge in [0.25, 0.3) is 0 Å². The lowest BCUT2D eigenvalue weighted by atomic mass is 9.78. The van der Waals surface area contributed by atoms with Crippen molar-refractivity contribution in [2.24, 2.45) is 23.7 Å². The molecule has 3 nitrogen and oxygen atoms in total. The number of esters is 1. The zero-order valence-corrected chi connectivity index (χ0v) is 17.2. The maximum absolute atomic E-state index is 12.2. The minimum Gasteiger partial charge on any atom is -0.466 e. The van der Waals surface area contributed by atoms with Crippen LogP contribution in [0.25, 0.3) is 0 Å². The standard InChI is InChI=1S/C24H35NO2/c1-4-27-23(26)21-6-5-7-22(21)25-20-10-8-19(9-11-20)24(3)14-17-12-16(2)13-18(17)15-24/h8-11,16-18,21-22,25H,4-7,12-15H2,1-3H3. The van der Waals surface area contributed by atoms with E-state index in [1.807, 2.05) is 6.92 Å². The lowest BCUT2D eigenvalue weighted by Gasteiger charge is -2.27. The molecule has 3 heteroatoms. The highest BCUT2D eigenvalue weighted by molar-refractivity contribution is 5.74. The third-order valence-corrected chi connectivity index (χ3v) is 7.54. The summed E-state index contributed by atoms with van der Waals surface area (Å²) < 4.78 is 5.26. The van der Waals surface area contributed by atoms with Gasteiger partial charge < -0.3 is 10.1 Å². The van der Waals surface area contributed by atoms with E-state index in [0.29, 0.717) is 12.0 Å².